The van der Waals surface area contributed by atoms with Crippen molar-refractivity contribution in [3.63, 3.8) is 0 Å². The van der Waals surface area contributed by atoms with Crippen molar-refractivity contribution in [3.8, 4) is 0 Å². The fourth-order valence-electron chi connectivity index (χ4n) is 3.93. The zero-order valence-electron chi connectivity index (χ0n) is 18.4. The van der Waals surface area contributed by atoms with Gasteiger partial charge in [-0.2, -0.15) is 0 Å². The smallest absolute Gasteiger partial charge is 0.362 e. The second kappa shape index (κ2) is 14.1. The van der Waals surface area contributed by atoms with Gasteiger partial charge in [0.1, 0.15) is 6.04 Å². The molecule has 168 valence electrons. The van der Waals surface area contributed by atoms with E-state index in [9.17, 15) is 29.7 Å². The van der Waals surface area contributed by atoms with Crippen LogP contribution in [0, 0.1) is 0 Å². The molecule has 0 rings (SSSR count). The normalized spacial score (nSPS) is 16.8. The van der Waals surface area contributed by atoms with E-state index in [1.54, 1.807) is 0 Å². The topological polar surface area (TPSA) is 115 Å². The van der Waals surface area contributed by atoms with Crippen molar-refractivity contribution in [1.82, 2.24) is 0 Å². The molecule has 0 saturated carbocycles. The lowest BCUT2D eigenvalue weighted by Crippen LogP contribution is -2.72. The van der Waals surface area contributed by atoms with Gasteiger partial charge in [-0.15, -0.1) is 0 Å². The Bertz CT molecular complexity index is 495. The average Bonchev–Trinajstić information content (AvgIpc) is 2.67. The molecule has 29 heavy (non-hydrogen) atoms. The molecule has 0 aromatic rings. The largest absolute Gasteiger partial charge is 0.544 e. The minimum absolute atomic E-state index is 0.174. The molecular formula is C22H39NO6. The van der Waals surface area contributed by atoms with Crippen molar-refractivity contribution in [3.05, 3.63) is 12.2 Å². The lowest BCUT2D eigenvalue weighted by atomic mass is 10.00. The number of carbonyl (C=O) groups excluding carboxylic acids is 1. The van der Waals surface area contributed by atoms with Crippen LogP contribution >= 0.6 is 0 Å². The van der Waals surface area contributed by atoms with Crippen LogP contribution in [-0.4, -0.2) is 57.3 Å². The summed E-state index contributed by atoms with van der Waals surface area (Å²) in [6.45, 7) is 6.45. The van der Waals surface area contributed by atoms with Crippen molar-refractivity contribution in [1.29, 1.82) is 0 Å². The number of nitrogens with zero attached hydrogens (tertiary/aromatic N) is 1. The molecule has 0 bridgehead atoms. The minimum atomic E-state index is -1.43. The molecular weight excluding hydrogens is 374 g/mol. The second-order valence-corrected chi connectivity index (χ2v) is 7.91. The summed E-state index contributed by atoms with van der Waals surface area (Å²) in [6.07, 6.45) is 13.4. The Morgan fingerprint density at radius 2 is 1.24 bits per heavy atom. The average molecular weight is 414 g/mol. The molecule has 0 aromatic carbocycles. The van der Waals surface area contributed by atoms with Crippen LogP contribution in [0.25, 0.3) is 0 Å². The monoisotopic (exact) mass is 413 g/mol. The third kappa shape index (κ3) is 8.56. The zero-order valence-corrected chi connectivity index (χ0v) is 18.4. The first-order valence-electron chi connectivity index (χ1n) is 10.8. The molecule has 3 unspecified atom stereocenters. The molecule has 0 aromatic heterocycles. The molecule has 2 N–H and O–H groups in total. The Morgan fingerprint density at radius 3 is 1.69 bits per heavy atom. The van der Waals surface area contributed by atoms with Crippen LogP contribution in [0.4, 0.5) is 0 Å². The summed E-state index contributed by atoms with van der Waals surface area (Å²) in [7, 11) is 0. The maximum atomic E-state index is 11.7. The highest BCUT2D eigenvalue weighted by Gasteiger charge is 2.50. The number of allylic oxidation sites excluding steroid dienone is 2. The summed E-state index contributed by atoms with van der Waals surface area (Å²) >= 11 is 0. The van der Waals surface area contributed by atoms with Gasteiger partial charge in [-0.3, -0.25) is 4.48 Å². The van der Waals surface area contributed by atoms with E-state index in [0.29, 0.717) is 6.42 Å². The highest BCUT2D eigenvalue weighted by Crippen LogP contribution is 2.27. The van der Waals surface area contributed by atoms with Crippen LogP contribution in [0.5, 0.6) is 0 Å². The summed E-state index contributed by atoms with van der Waals surface area (Å²) < 4.78 is -0.548. The SMILES string of the molecule is CCCC/C=C/CCCCCCC[N+](C(C)C(=O)[O-])(C(C)C(=O)O)C(C)C(=O)O. The molecule has 0 heterocycles. The molecule has 7 nitrogen and oxygen atoms in total. The molecule has 3 atom stereocenters. The fourth-order valence-corrected chi connectivity index (χ4v) is 3.93. The Labute approximate surface area is 175 Å². The Balaban J connectivity index is 4.86. The van der Waals surface area contributed by atoms with Gasteiger partial charge in [0.15, 0.2) is 12.1 Å². The predicted molar refractivity (Wildman–Crippen MR) is 110 cm³/mol. The second-order valence-electron chi connectivity index (χ2n) is 7.91. The predicted octanol–water partition coefficient (Wildman–Crippen LogP) is 2.97. The summed E-state index contributed by atoms with van der Waals surface area (Å²) in [4.78, 5) is 34.9. The molecule has 0 radical (unpaired) electrons. The van der Waals surface area contributed by atoms with Crippen LogP contribution in [0.1, 0.15) is 85.5 Å². The van der Waals surface area contributed by atoms with Gasteiger partial charge >= 0.3 is 11.9 Å². The molecule has 0 spiro atoms. The first-order valence-corrected chi connectivity index (χ1v) is 10.8. The quantitative estimate of drug-likeness (QED) is 0.215. The van der Waals surface area contributed by atoms with Gasteiger partial charge in [-0.05, 0) is 52.9 Å². The summed E-state index contributed by atoms with van der Waals surface area (Å²) in [5.74, 6) is -3.84. The van der Waals surface area contributed by atoms with Crippen molar-refractivity contribution in [2.75, 3.05) is 6.54 Å². The number of carboxylic acids is 3. The van der Waals surface area contributed by atoms with Gasteiger partial charge in [-0.25, -0.2) is 9.59 Å². The standard InChI is InChI=1S/C22H39NO6/c1-5-6-7-8-9-10-11-12-13-14-15-16-23(17(2)20(24)25,18(3)21(26)27)19(4)22(28)29/h8-9,17-19H,5-7,10-16H2,1-4H3,(H2-,24,25,26,27,28,29)/b9-8+. The molecule has 0 fully saturated rings. The van der Waals surface area contributed by atoms with Crippen molar-refractivity contribution < 1.29 is 34.2 Å². The Hall–Kier alpha value is -1.89. The minimum Gasteiger partial charge on any atom is -0.544 e. The fraction of sp³-hybridized carbons (Fsp3) is 0.773. The molecule has 7 heteroatoms. The van der Waals surface area contributed by atoms with Crippen LogP contribution in [-0.2, 0) is 14.4 Å². The van der Waals surface area contributed by atoms with Gasteiger partial charge in [-0.1, -0.05) is 44.8 Å². The first kappa shape index (κ1) is 27.1. The number of aliphatic carboxylic acids is 3. The van der Waals surface area contributed by atoms with Crippen LogP contribution in [0.15, 0.2) is 12.2 Å². The van der Waals surface area contributed by atoms with Gasteiger partial charge in [0.2, 0.25) is 0 Å². The third-order valence-corrected chi connectivity index (χ3v) is 6.03. The number of hydrogen-bond acceptors (Lipinski definition) is 4. The van der Waals surface area contributed by atoms with E-state index in [1.165, 1.54) is 33.6 Å². The van der Waals surface area contributed by atoms with E-state index in [2.05, 4.69) is 19.1 Å². The van der Waals surface area contributed by atoms with Crippen LogP contribution in [0.3, 0.4) is 0 Å². The van der Waals surface area contributed by atoms with E-state index in [-0.39, 0.29) is 6.54 Å². The molecule has 0 aliphatic carbocycles. The van der Waals surface area contributed by atoms with E-state index in [4.69, 9.17) is 0 Å². The number of rotatable bonds is 17. The maximum Gasteiger partial charge on any atom is 0.362 e. The van der Waals surface area contributed by atoms with Crippen LogP contribution in [0.2, 0.25) is 0 Å². The lowest BCUT2D eigenvalue weighted by molar-refractivity contribution is -0.969. The third-order valence-electron chi connectivity index (χ3n) is 6.03. The van der Waals surface area contributed by atoms with Crippen LogP contribution < -0.4 is 5.11 Å². The number of hydrogen-bond donors (Lipinski definition) is 2. The Morgan fingerprint density at radius 1 is 0.793 bits per heavy atom. The number of carbonyl (C=O) groups is 3. The highest BCUT2D eigenvalue weighted by atomic mass is 16.4. The number of quaternary nitrogens is 1. The highest BCUT2D eigenvalue weighted by molar-refractivity contribution is 5.76. The summed E-state index contributed by atoms with van der Waals surface area (Å²) in [6, 6.07) is -3.56. The Kier molecular flexibility index (Phi) is 13.2. The van der Waals surface area contributed by atoms with Gasteiger partial charge in [0, 0.05) is 0 Å². The number of carboxylic acid groups (broad SMARTS) is 3. The van der Waals surface area contributed by atoms with Crippen molar-refractivity contribution in [2.24, 2.45) is 0 Å². The lowest BCUT2D eigenvalue weighted by Gasteiger charge is -2.49. The van der Waals surface area contributed by atoms with Gasteiger partial charge < -0.3 is 20.1 Å². The number of unbranched alkanes of at least 4 members (excludes halogenated alkanes) is 7. The van der Waals surface area contributed by atoms with E-state index in [0.717, 1.165) is 38.5 Å². The maximum absolute atomic E-state index is 11.7. The summed E-state index contributed by atoms with van der Waals surface area (Å²) in [5.41, 5.74) is 0. The zero-order chi connectivity index (χ0) is 22.4. The van der Waals surface area contributed by atoms with E-state index >= 15 is 0 Å². The van der Waals surface area contributed by atoms with Crippen molar-refractivity contribution >= 4 is 17.9 Å². The molecule has 0 aliphatic rings. The molecule has 0 aliphatic heterocycles. The first-order chi connectivity index (χ1) is 13.6. The molecule has 0 amide bonds. The van der Waals surface area contributed by atoms with Gasteiger partial charge in [0.25, 0.3) is 0 Å². The van der Waals surface area contributed by atoms with E-state index < -0.39 is 40.5 Å². The summed E-state index contributed by atoms with van der Waals surface area (Å²) in [5, 5.41) is 30.6. The molecule has 0 saturated heterocycles. The van der Waals surface area contributed by atoms with E-state index in [1.807, 2.05) is 0 Å². The van der Waals surface area contributed by atoms with Gasteiger partial charge in [0.05, 0.1) is 12.5 Å². The van der Waals surface area contributed by atoms with Crippen molar-refractivity contribution in [2.45, 2.75) is 104 Å².